The molecule has 0 fully saturated rings. The van der Waals surface area contributed by atoms with Crippen molar-refractivity contribution in [2.45, 2.75) is 19.5 Å². The highest BCUT2D eigenvalue weighted by Gasteiger charge is 2.18. The second kappa shape index (κ2) is 8.68. The minimum Gasteiger partial charge on any atom is -0.352 e. The fourth-order valence-corrected chi connectivity index (χ4v) is 3.01. The Balaban J connectivity index is 1.89. The average molecular weight is 365 g/mol. The zero-order chi connectivity index (χ0) is 18.3. The summed E-state index contributed by atoms with van der Waals surface area (Å²) in [5, 5.41) is 2.60. The van der Waals surface area contributed by atoms with Crippen LogP contribution in [0, 0.1) is 5.82 Å². The molecule has 0 bridgehead atoms. The highest BCUT2D eigenvalue weighted by molar-refractivity contribution is 7.88. The number of hydrogen-bond acceptors (Lipinski definition) is 4. The number of benzene rings is 1. The molecule has 0 atom stereocenters. The number of aromatic nitrogens is 1. The van der Waals surface area contributed by atoms with Gasteiger partial charge in [0.1, 0.15) is 5.82 Å². The number of nitrogens with one attached hydrogen (secondary N) is 1. The number of nitrogens with zero attached hydrogens (tertiary/aromatic N) is 2. The molecule has 0 spiro atoms. The SMILES string of the molecule is CS(=O)(=O)N(CCC(=O)NCc1ccccc1F)Cc1cccnc1. The maximum absolute atomic E-state index is 13.5. The number of pyridine rings is 1. The second-order valence-corrected chi connectivity index (χ2v) is 7.56. The Morgan fingerprint density at radius 1 is 1.24 bits per heavy atom. The van der Waals surface area contributed by atoms with Crippen molar-refractivity contribution < 1.29 is 17.6 Å². The smallest absolute Gasteiger partial charge is 0.221 e. The Bertz CT molecular complexity index is 813. The molecule has 2 rings (SSSR count). The molecule has 0 saturated heterocycles. The molecule has 1 N–H and O–H groups in total. The predicted octanol–water partition coefficient (Wildman–Crippen LogP) is 1.69. The van der Waals surface area contributed by atoms with E-state index in [0.717, 1.165) is 11.8 Å². The maximum atomic E-state index is 13.5. The third-order valence-electron chi connectivity index (χ3n) is 3.57. The number of carbonyl (C=O) groups is 1. The molecule has 0 radical (unpaired) electrons. The summed E-state index contributed by atoms with van der Waals surface area (Å²) in [5.74, 6) is -0.736. The Morgan fingerprint density at radius 3 is 2.64 bits per heavy atom. The van der Waals surface area contributed by atoms with Gasteiger partial charge in [0.25, 0.3) is 0 Å². The Hall–Kier alpha value is -2.32. The summed E-state index contributed by atoms with van der Waals surface area (Å²) in [7, 11) is -3.47. The van der Waals surface area contributed by atoms with Crippen LogP contribution in [-0.2, 0) is 27.9 Å². The molecule has 0 unspecified atom stereocenters. The third kappa shape index (κ3) is 6.24. The molecule has 134 valence electrons. The van der Waals surface area contributed by atoms with E-state index in [1.54, 1.807) is 42.7 Å². The van der Waals surface area contributed by atoms with Crippen molar-refractivity contribution in [3.8, 4) is 0 Å². The van der Waals surface area contributed by atoms with Gasteiger partial charge in [-0.15, -0.1) is 0 Å². The number of halogens is 1. The number of amides is 1. The van der Waals surface area contributed by atoms with Crippen molar-refractivity contribution >= 4 is 15.9 Å². The first-order valence-electron chi connectivity index (χ1n) is 7.70. The zero-order valence-electron chi connectivity index (χ0n) is 13.9. The van der Waals surface area contributed by atoms with E-state index in [9.17, 15) is 17.6 Å². The van der Waals surface area contributed by atoms with Gasteiger partial charge in [0.2, 0.25) is 15.9 Å². The van der Waals surface area contributed by atoms with Crippen molar-refractivity contribution in [1.29, 1.82) is 0 Å². The molecule has 8 heteroatoms. The molecule has 2 aromatic rings. The third-order valence-corrected chi connectivity index (χ3v) is 4.82. The molecular weight excluding hydrogens is 345 g/mol. The van der Waals surface area contributed by atoms with Crippen LogP contribution in [0.2, 0.25) is 0 Å². The van der Waals surface area contributed by atoms with Crippen LogP contribution in [-0.4, -0.2) is 36.4 Å². The molecule has 0 aliphatic carbocycles. The topological polar surface area (TPSA) is 79.4 Å². The largest absolute Gasteiger partial charge is 0.352 e. The molecule has 0 aliphatic heterocycles. The lowest BCUT2D eigenvalue weighted by atomic mass is 10.2. The molecule has 1 aromatic heterocycles. The molecule has 1 amide bonds. The van der Waals surface area contributed by atoms with Gasteiger partial charge in [-0.3, -0.25) is 9.78 Å². The standard InChI is InChI=1S/C17H20FN3O3S/c1-25(23,24)21(13-14-5-4-9-19-11-14)10-8-17(22)20-12-15-6-2-3-7-16(15)18/h2-7,9,11H,8,10,12-13H2,1H3,(H,20,22). The van der Waals surface area contributed by atoms with E-state index in [-0.39, 0.29) is 32.0 Å². The minimum atomic E-state index is -3.47. The fraction of sp³-hybridized carbons (Fsp3) is 0.294. The van der Waals surface area contributed by atoms with Crippen molar-refractivity contribution in [1.82, 2.24) is 14.6 Å². The normalized spacial score (nSPS) is 11.5. The molecule has 25 heavy (non-hydrogen) atoms. The summed E-state index contributed by atoms with van der Waals surface area (Å²) in [6.07, 6.45) is 4.27. The van der Waals surface area contributed by atoms with Crippen LogP contribution in [0.25, 0.3) is 0 Å². The molecule has 1 aromatic carbocycles. The first-order chi connectivity index (χ1) is 11.9. The first kappa shape index (κ1) is 19.0. The lowest BCUT2D eigenvalue weighted by Crippen LogP contribution is -2.34. The van der Waals surface area contributed by atoms with Crippen LogP contribution in [0.1, 0.15) is 17.5 Å². The van der Waals surface area contributed by atoms with Gasteiger partial charge >= 0.3 is 0 Å². The van der Waals surface area contributed by atoms with Crippen molar-refractivity contribution in [3.05, 3.63) is 65.7 Å². The quantitative estimate of drug-likeness (QED) is 0.772. The summed E-state index contributed by atoms with van der Waals surface area (Å²) in [4.78, 5) is 15.9. The van der Waals surface area contributed by atoms with E-state index < -0.39 is 15.8 Å². The first-order valence-corrected chi connectivity index (χ1v) is 9.55. The fourth-order valence-electron chi connectivity index (χ4n) is 2.21. The monoisotopic (exact) mass is 365 g/mol. The van der Waals surface area contributed by atoms with Crippen LogP contribution >= 0.6 is 0 Å². The lowest BCUT2D eigenvalue weighted by Gasteiger charge is -2.19. The van der Waals surface area contributed by atoms with Gasteiger partial charge in [-0.25, -0.2) is 12.8 Å². The van der Waals surface area contributed by atoms with Crippen LogP contribution < -0.4 is 5.32 Å². The van der Waals surface area contributed by atoms with Gasteiger partial charge in [0.15, 0.2) is 0 Å². The van der Waals surface area contributed by atoms with Gasteiger partial charge in [-0.05, 0) is 17.7 Å². The molecular formula is C17H20FN3O3S. The van der Waals surface area contributed by atoms with E-state index in [1.165, 1.54) is 10.4 Å². The Kier molecular flexibility index (Phi) is 6.60. The van der Waals surface area contributed by atoms with Gasteiger partial charge in [-0.2, -0.15) is 4.31 Å². The van der Waals surface area contributed by atoms with Crippen molar-refractivity contribution in [2.75, 3.05) is 12.8 Å². The van der Waals surface area contributed by atoms with E-state index in [4.69, 9.17) is 0 Å². The number of rotatable bonds is 8. The van der Waals surface area contributed by atoms with Crippen LogP contribution in [0.4, 0.5) is 4.39 Å². The van der Waals surface area contributed by atoms with Crippen LogP contribution in [0.15, 0.2) is 48.8 Å². The van der Waals surface area contributed by atoms with E-state index in [2.05, 4.69) is 10.3 Å². The van der Waals surface area contributed by atoms with E-state index in [1.807, 2.05) is 0 Å². The highest BCUT2D eigenvalue weighted by atomic mass is 32.2. The lowest BCUT2D eigenvalue weighted by molar-refractivity contribution is -0.121. The van der Waals surface area contributed by atoms with Gasteiger partial charge in [0.05, 0.1) is 6.26 Å². The Labute approximate surface area is 146 Å². The van der Waals surface area contributed by atoms with Gasteiger partial charge in [-0.1, -0.05) is 24.3 Å². The number of carbonyl (C=O) groups excluding carboxylic acids is 1. The van der Waals surface area contributed by atoms with Crippen molar-refractivity contribution in [3.63, 3.8) is 0 Å². The second-order valence-electron chi connectivity index (χ2n) is 5.58. The molecule has 6 nitrogen and oxygen atoms in total. The summed E-state index contributed by atoms with van der Waals surface area (Å²) < 4.78 is 38.5. The van der Waals surface area contributed by atoms with Gasteiger partial charge in [0, 0.05) is 44.0 Å². The average Bonchev–Trinajstić information content (AvgIpc) is 2.57. The van der Waals surface area contributed by atoms with Crippen LogP contribution in [0.5, 0.6) is 0 Å². The maximum Gasteiger partial charge on any atom is 0.221 e. The minimum absolute atomic E-state index is 0.0121. The van der Waals surface area contributed by atoms with Crippen LogP contribution in [0.3, 0.4) is 0 Å². The van der Waals surface area contributed by atoms with Crippen molar-refractivity contribution in [2.24, 2.45) is 0 Å². The molecule has 1 heterocycles. The predicted molar refractivity (Wildman–Crippen MR) is 92.4 cm³/mol. The summed E-state index contributed by atoms with van der Waals surface area (Å²) >= 11 is 0. The summed E-state index contributed by atoms with van der Waals surface area (Å²) in [5.41, 5.74) is 1.12. The van der Waals surface area contributed by atoms with E-state index >= 15 is 0 Å². The van der Waals surface area contributed by atoms with E-state index in [0.29, 0.717) is 5.56 Å². The summed E-state index contributed by atoms with van der Waals surface area (Å²) in [6, 6.07) is 9.65. The molecule has 0 aliphatic rings. The zero-order valence-corrected chi connectivity index (χ0v) is 14.7. The number of sulfonamides is 1. The highest BCUT2D eigenvalue weighted by Crippen LogP contribution is 2.09. The van der Waals surface area contributed by atoms with Gasteiger partial charge < -0.3 is 5.32 Å². The number of hydrogen-bond donors (Lipinski definition) is 1. The summed E-state index contributed by atoms with van der Waals surface area (Å²) in [6.45, 7) is 0.247. The Morgan fingerprint density at radius 2 is 2.00 bits per heavy atom. The molecule has 0 saturated carbocycles.